The molecule has 122 valence electrons. The molecule has 0 aromatic carbocycles. The number of likely N-dealkylation sites (tertiary alicyclic amines) is 1. The molecule has 1 heterocycles. The fourth-order valence-corrected chi connectivity index (χ4v) is 2.88. The molecule has 1 saturated heterocycles. The standard InChI is InChI=1S/C15H29N3O3/c1-11(2)9-12(10-17(3)4)16-15(21)18-8-6-5-7-13(18)14(19)20/h11-13H,5-10H2,1-4H3,(H,16,21)(H,19,20). The van der Waals surface area contributed by atoms with Gasteiger partial charge in [-0.25, -0.2) is 9.59 Å². The fraction of sp³-hybridized carbons (Fsp3) is 0.867. The number of amides is 2. The second kappa shape index (κ2) is 8.22. The number of piperidine rings is 1. The quantitative estimate of drug-likeness (QED) is 0.781. The van der Waals surface area contributed by atoms with Crippen LogP contribution in [-0.2, 0) is 4.79 Å². The van der Waals surface area contributed by atoms with Crippen LogP contribution in [0.25, 0.3) is 0 Å². The lowest BCUT2D eigenvalue weighted by Crippen LogP contribution is -2.55. The Morgan fingerprint density at radius 2 is 2.00 bits per heavy atom. The number of carboxylic acids is 1. The molecular formula is C15H29N3O3. The van der Waals surface area contributed by atoms with Crippen molar-refractivity contribution in [2.24, 2.45) is 5.92 Å². The van der Waals surface area contributed by atoms with E-state index in [2.05, 4.69) is 19.2 Å². The van der Waals surface area contributed by atoms with E-state index in [-0.39, 0.29) is 12.1 Å². The Morgan fingerprint density at radius 3 is 2.52 bits per heavy atom. The number of urea groups is 1. The molecule has 6 heteroatoms. The summed E-state index contributed by atoms with van der Waals surface area (Å²) in [7, 11) is 3.95. The molecule has 2 atom stereocenters. The minimum absolute atomic E-state index is 0.0453. The van der Waals surface area contributed by atoms with Gasteiger partial charge in [-0.2, -0.15) is 0 Å². The van der Waals surface area contributed by atoms with Gasteiger partial charge in [0.25, 0.3) is 0 Å². The second-order valence-corrected chi connectivity index (χ2v) is 6.58. The molecule has 0 aromatic rings. The minimum Gasteiger partial charge on any atom is -0.480 e. The number of likely N-dealkylation sites (N-methyl/N-ethyl adjacent to an activating group) is 1. The number of carbonyl (C=O) groups excluding carboxylic acids is 1. The molecule has 0 aromatic heterocycles. The smallest absolute Gasteiger partial charge is 0.326 e. The van der Waals surface area contributed by atoms with Crippen molar-refractivity contribution in [2.45, 2.75) is 51.6 Å². The third-order valence-electron chi connectivity index (χ3n) is 3.72. The van der Waals surface area contributed by atoms with Crippen LogP contribution < -0.4 is 5.32 Å². The fourth-order valence-electron chi connectivity index (χ4n) is 2.88. The van der Waals surface area contributed by atoms with E-state index in [4.69, 9.17) is 0 Å². The third kappa shape index (κ3) is 5.91. The zero-order valence-electron chi connectivity index (χ0n) is 13.6. The molecule has 1 aliphatic rings. The van der Waals surface area contributed by atoms with Crippen LogP contribution >= 0.6 is 0 Å². The Kier molecular flexibility index (Phi) is 6.95. The molecule has 2 unspecified atom stereocenters. The average molecular weight is 299 g/mol. The second-order valence-electron chi connectivity index (χ2n) is 6.58. The Balaban J connectivity index is 2.67. The molecule has 0 aliphatic carbocycles. The first-order valence-electron chi connectivity index (χ1n) is 7.76. The molecule has 2 N–H and O–H groups in total. The van der Waals surface area contributed by atoms with E-state index in [1.807, 2.05) is 19.0 Å². The maximum Gasteiger partial charge on any atom is 0.326 e. The summed E-state index contributed by atoms with van der Waals surface area (Å²) < 4.78 is 0. The van der Waals surface area contributed by atoms with Gasteiger partial charge in [-0.1, -0.05) is 13.8 Å². The molecule has 1 rings (SSSR count). The first-order valence-corrected chi connectivity index (χ1v) is 7.76. The molecule has 2 amide bonds. The third-order valence-corrected chi connectivity index (χ3v) is 3.72. The van der Waals surface area contributed by atoms with Gasteiger partial charge >= 0.3 is 12.0 Å². The highest BCUT2D eigenvalue weighted by Gasteiger charge is 2.32. The number of rotatable bonds is 6. The van der Waals surface area contributed by atoms with Gasteiger partial charge in [-0.15, -0.1) is 0 Å². The van der Waals surface area contributed by atoms with E-state index in [9.17, 15) is 14.7 Å². The van der Waals surface area contributed by atoms with Crippen molar-refractivity contribution in [3.63, 3.8) is 0 Å². The van der Waals surface area contributed by atoms with Gasteiger partial charge in [-0.3, -0.25) is 0 Å². The number of hydrogen-bond acceptors (Lipinski definition) is 3. The van der Waals surface area contributed by atoms with Crippen LogP contribution in [-0.4, -0.2) is 66.2 Å². The number of nitrogens with one attached hydrogen (secondary N) is 1. The van der Waals surface area contributed by atoms with Crippen molar-refractivity contribution in [1.82, 2.24) is 15.1 Å². The van der Waals surface area contributed by atoms with Crippen molar-refractivity contribution in [3.8, 4) is 0 Å². The highest BCUT2D eigenvalue weighted by atomic mass is 16.4. The number of hydrogen-bond donors (Lipinski definition) is 2. The number of carboxylic acid groups (broad SMARTS) is 1. The molecule has 1 fully saturated rings. The SMILES string of the molecule is CC(C)CC(CN(C)C)NC(=O)N1CCCCC1C(=O)O. The normalized spacial score (nSPS) is 20.7. The average Bonchev–Trinajstić information content (AvgIpc) is 2.36. The summed E-state index contributed by atoms with van der Waals surface area (Å²) in [4.78, 5) is 27.2. The minimum atomic E-state index is -0.905. The Morgan fingerprint density at radius 1 is 1.33 bits per heavy atom. The molecule has 6 nitrogen and oxygen atoms in total. The highest BCUT2D eigenvalue weighted by Crippen LogP contribution is 2.18. The summed E-state index contributed by atoms with van der Waals surface area (Å²) in [5, 5.41) is 12.3. The number of nitrogens with zero attached hydrogens (tertiary/aromatic N) is 2. The van der Waals surface area contributed by atoms with Crippen LogP contribution in [0, 0.1) is 5.92 Å². The predicted octanol–water partition coefficient (Wildman–Crippen LogP) is 1.61. The van der Waals surface area contributed by atoms with E-state index < -0.39 is 12.0 Å². The summed E-state index contributed by atoms with van der Waals surface area (Å²) >= 11 is 0. The molecule has 0 bridgehead atoms. The lowest BCUT2D eigenvalue weighted by Gasteiger charge is -2.35. The van der Waals surface area contributed by atoms with Gasteiger partial charge < -0.3 is 20.2 Å². The monoisotopic (exact) mass is 299 g/mol. The van der Waals surface area contributed by atoms with Crippen molar-refractivity contribution in [1.29, 1.82) is 0 Å². The predicted molar refractivity (Wildman–Crippen MR) is 82.3 cm³/mol. The molecule has 0 radical (unpaired) electrons. The van der Waals surface area contributed by atoms with Gasteiger partial charge in [0.15, 0.2) is 0 Å². The zero-order chi connectivity index (χ0) is 16.0. The van der Waals surface area contributed by atoms with Crippen LogP contribution in [0.3, 0.4) is 0 Å². The van der Waals surface area contributed by atoms with Gasteiger partial charge in [0.2, 0.25) is 0 Å². The lowest BCUT2D eigenvalue weighted by atomic mass is 10.0. The first-order chi connectivity index (χ1) is 9.81. The Hall–Kier alpha value is -1.30. The topological polar surface area (TPSA) is 72.9 Å². The van der Waals surface area contributed by atoms with Crippen LogP contribution in [0.2, 0.25) is 0 Å². The maximum atomic E-state index is 12.4. The Bertz CT molecular complexity index is 348. The van der Waals surface area contributed by atoms with Crippen LogP contribution in [0.1, 0.15) is 39.5 Å². The number of carbonyl (C=O) groups is 2. The molecular weight excluding hydrogens is 270 g/mol. The molecule has 21 heavy (non-hydrogen) atoms. The highest BCUT2D eigenvalue weighted by molar-refractivity contribution is 5.83. The number of aliphatic carboxylic acids is 1. The summed E-state index contributed by atoms with van der Waals surface area (Å²) in [5.74, 6) is -0.426. The van der Waals surface area contributed by atoms with Crippen LogP contribution in [0.5, 0.6) is 0 Å². The van der Waals surface area contributed by atoms with E-state index in [1.54, 1.807) is 0 Å². The van der Waals surface area contributed by atoms with Gasteiger partial charge in [0, 0.05) is 19.1 Å². The van der Waals surface area contributed by atoms with Crippen molar-refractivity contribution < 1.29 is 14.7 Å². The summed E-state index contributed by atoms with van der Waals surface area (Å²) in [6, 6.07) is -0.878. The van der Waals surface area contributed by atoms with E-state index >= 15 is 0 Å². The largest absolute Gasteiger partial charge is 0.480 e. The zero-order valence-corrected chi connectivity index (χ0v) is 13.6. The van der Waals surface area contributed by atoms with Crippen LogP contribution in [0.15, 0.2) is 0 Å². The first kappa shape index (κ1) is 17.8. The maximum absolute atomic E-state index is 12.4. The van der Waals surface area contributed by atoms with E-state index in [0.717, 1.165) is 25.8 Å². The van der Waals surface area contributed by atoms with Gasteiger partial charge in [-0.05, 0) is 45.7 Å². The molecule has 0 saturated carbocycles. The Labute approximate surface area is 127 Å². The molecule has 1 aliphatic heterocycles. The van der Waals surface area contributed by atoms with Gasteiger partial charge in [0.1, 0.15) is 6.04 Å². The van der Waals surface area contributed by atoms with Crippen molar-refractivity contribution in [2.75, 3.05) is 27.2 Å². The van der Waals surface area contributed by atoms with E-state index in [0.29, 0.717) is 18.9 Å². The van der Waals surface area contributed by atoms with Crippen LogP contribution in [0.4, 0.5) is 4.79 Å². The lowest BCUT2D eigenvalue weighted by molar-refractivity contribution is -0.143. The summed E-state index contributed by atoms with van der Waals surface area (Å²) in [6.45, 7) is 5.53. The summed E-state index contributed by atoms with van der Waals surface area (Å²) in [6.07, 6.45) is 3.17. The summed E-state index contributed by atoms with van der Waals surface area (Å²) in [5.41, 5.74) is 0. The van der Waals surface area contributed by atoms with Gasteiger partial charge in [0.05, 0.1) is 0 Å². The van der Waals surface area contributed by atoms with Crippen molar-refractivity contribution >= 4 is 12.0 Å². The van der Waals surface area contributed by atoms with E-state index in [1.165, 1.54) is 4.90 Å². The van der Waals surface area contributed by atoms with Crippen molar-refractivity contribution in [3.05, 3.63) is 0 Å². The molecule has 0 spiro atoms.